The maximum Gasteiger partial charge on any atom is 0.276 e. The van der Waals surface area contributed by atoms with E-state index in [1.54, 1.807) is 18.2 Å². The lowest BCUT2D eigenvalue weighted by atomic mass is 10.0. The molecule has 25 heavy (non-hydrogen) atoms. The van der Waals surface area contributed by atoms with Crippen molar-refractivity contribution >= 4 is 29.1 Å². The van der Waals surface area contributed by atoms with Crippen LogP contribution in [0, 0.1) is 5.92 Å². The minimum Gasteiger partial charge on any atom is -0.363 e. The Morgan fingerprint density at radius 3 is 2.68 bits per heavy atom. The van der Waals surface area contributed by atoms with E-state index in [9.17, 15) is 9.59 Å². The second-order valence-electron chi connectivity index (χ2n) is 6.90. The summed E-state index contributed by atoms with van der Waals surface area (Å²) in [6.45, 7) is 6.18. The van der Waals surface area contributed by atoms with E-state index in [2.05, 4.69) is 17.7 Å². The van der Waals surface area contributed by atoms with Gasteiger partial charge in [-0.25, -0.2) is 5.01 Å². The van der Waals surface area contributed by atoms with E-state index in [4.69, 9.17) is 11.6 Å². The summed E-state index contributed by atoms with van der Waals surface area (Å²) in [5.74, 6) is -0.213. The molecule has 0 saturated carbocycles. The van der Waals surface area contributed by atoms with Crippen LogP contribution in [0.5, 0.6) is 0 Å². The first kappa shape index (κ1) is 19.6. The largest absolute Gasteiger partial charge is 0.363 e. The molecule has 0 fully saturated rings. The van der Waals surface area contributed by atoms with Gasteiger partial charge in [0.15, 0.2) is 0 Å². The number of benzene rings is 1. The summed E-state index contributed by atoms with van der Waals surface area (Å²) in [7, 11) is 0. The van der Waals surface area contributed by atoms with Crippen molar-refractivity contribution in [1.82, 2.24) is 10.4 Å². The summed E-state index contributed by atoms with van der Waals surface area (Å²) >= 11 is 6.02. The van der Waals surface area contributed by atoms with Crippen LogP contribution in [-0.4, -0.2) is 23.0 Å². The summed E-state index contributed by atoms with van der Waals surface area (Å²) in [5.41, 5.74) is 4.02. The van der Waals surface area contributed by atoms with Crippen molar-refractivity contribution in [2.45, 2.75) is 65.5 Å². The van der Waals surface area contributed by atoms with Gasteiger partial charge in [-0.05, 0) is 30.5 Å². The molecule has 2 amide bonds. The molecule has 1 heterocycles. The Morgan fingerprint density at radius 2 is 2.00 bits per heavy atom. The van der Waals surface area contributed by atoms with Gasteiger partial charge in [-0.2, -0.15) is 0 Å². The smallest absolute Gasteiger partial charge is 0.276 e. The van der Waals surface area contributed by atoms with Crippen LogP contribution in [0.25, 0.3) is 0 Å². The third kappa shape index (κ3) is 5.11. The Morgan fingerprint density at radius 1 is 1.28 bits per heavy atom. The molecule has 1 aromatic rings. The van der Waals surface area contributed by atoms with E-state index < -0.39 is 0 Å². The average Bonchev–Trinajstić information content (AvgIpc) is 2.57. The number of carbonyl (C=O) groups excluding carboxylic acids is 2. The van der Waals surface area contributed by atoms with Crippen molar-refractivity contribution in [3.05, 3.63) is 28.8 Å². The Hall–Kier alpha value is -1.75. The minimum absolute atomic E-state index is 0.122. The van der Waals surface area contributed by atoms with Crippen LogP contribution in [-0.2, 0) is 4.79 Å². The van der Waals surface area contributed by atoms with Gasteiger partial charge in [0.05, 0.1) is 5.56 Å². The van der Waals surface area contributed by atoms with Gasteiger partial charge in [-0.1, -0.05) is 58.1 Å². The van der Waals surface area contributed by atoms with Crippen molar-refractivity contribution < 1.29 is 9.59 Å². The van der Waals surface area contributed by atoms with Gasteiger partial charge in [-0.15, -0.1) is 0 Å². The van der Waals surface area contributed by atoms with E-state index in [0.29, 0.717) is 17.0 Å². The SMILES string of the molecule is CCCCCCCC(=O)NN1C(=O)c2cc(Cl)ccc2NC1C(C)C. The van der Waals surface area contributed by atoms with Crippen LogP contribution in [0.4, 0.5) is 5.69 Å². The normalized spacial score (nSPS) is 16.6. The molecule has 1 aliphatic rings. The van der Waals surface area contributed by atoms with Crippen LogP contribution in [0.15, 0.2) is 18.2 Å². The highest BCUT2D eigenvalue weighted by Gasteiger charge is 2.35. The van der Waals surface area contributed by atoms with Gasteiger partial charge in [-0.3, -0.25) is 15.0 Å². The number of hydrogen-bond acceptors (Lipinski definition) is 3. The zero-order valence-electron chi connectivity index (χ0n) is 15.3. The molecule has 1 atom stereocenters. The van der Waals surface area contributed by atoms with Gasteiger partial charge in [0, 0.05) is 17.1 Å². The summed E-state index contributed by atoms with van der Waals surface area (Å²) in [6, 6.07) is 5.19. The Balaban J connectivity index is 2.04. The molecule has 1 unspecified atom stereocenters. The number of amides is 2. The van der Waals surface area contributed by atoms with Crippen molar-refractivity contribution in [3.8, 4) is 0 Å². The molecule has 0 aromatic heterocycles. The fraction of sp³-hybridized carbons (Fsp3) is 0.579. The molecule has 0 aliphatic carbocycles. The average molecular weight is 366 g/mol. The number of rotatable bonds is 8. The molecule has 6 heteroatoms. The Kier molecular flexibility index (Phi) is 7.12. The van der Waals surface area contributed by atoms with E-state index in [0.717, 1.165) is 24.9 Å². The lowest BCUT2D eigenvalue weighted by Gasteiger charge is -2.39. The lowest BCUT2D eigenvalue weighted by Crippen LogP contribution is -2.59. The highest BCUT2D eigenvalue weighted by Crippen LogP contribution is 2.29. The topological polar surface area (TPSA) is 61.4 Å². The second-order valence-corrected chi connectivity index (χ2v) is 7.33. The number of anilines is 1. The standard InChI is InChI=1S/C19H28ClN3O2/c1-4-5-6-7-8-9-17(24)22-23-18(13(2)3)21-16-11-10-14(20)12-15(16)19(23)25/h10-13,18,21H,4-9H2,1-3H3,(H,22,24). The summed E-state index contributed by atoms with van der Waals surface area (Å²) in [4.78, 5) is 25.1. The lowest BCUT2D eigenvalue weighted by molar-refractivity contribution is -0.126. The molecular weight excluding hydrogens is 338 g/mol. The Bertz CT molecular complexity index is 619. The molecule has 2 N–H and O–H groups in total. The molecular formula is C19H28ClN3O2. The number of fused-ring (bicyclic) bond motifs is 1. The van der Waals surface area contributed by atoms with Crippen LogP contribution >= 0.6 is 11.6 Å². The summed E-state index contributed by atoms with van der Waals surface area (Å²) < 4.78 is 0. The first-order valence-corrected chi connectivity index (χ1v) is 9.51. The van der Waals surface area contributed by atoms with Crippen molar-refractivity contribution in [1.29, 1.82) is 0 Å². The van der Waals surface area contributed by atoms with Crippen LogP contribution in [0.3, 0.4) is 0 Å². The number of halogens is 1. The minimum atomic E-state index is -0.287. The van der Waals surface area contributed by atoms with E-state index in [1.165, 1.54) is 17.9 Å². The maximum absolute atomic E-state index is 12.8. The molecule has 0 saturated heterocycles. The first-order valence-electron chi connectivity index (χ1n) is 9.13. The van der Waals surface area contributed by atoms with E-state index in [1.807, 2.05) is 13.8 Å². The predicted molar refractivity (Wildman–Crippen MR) is 101 cm³/mol. The number of hydrazine groups is 1. The maximum atomic E-state index is 12.8. The summed E-state index contributed by atoms with van der Waals surface area (Å²) in [5, 5.41) is 5.24. The first-order chi connectivity index (χ1) is 11.9. The summed E-state index contributed by atoms with van der Waals surface area (Å²) in [6.07, 6.45) is 5.55. The van der Waals surface area contributed by atoms with Gasteiger partial charge in [0.25, 0.3) is 5.91 Å². The second kappa shape index (κ2) is 9.09. The number of nitrogens with one attached hydrogen (secondary N) is 2. The van der Waals surface area contributed by atoms with Crippen molar-refractivity contribution in [2.75, 3.05) is 5.32 Å². The van der Waals surface area contributed by atoms with Crippen molar-refractivity contribution in [3.63, 3.8) is 0 Å². The zero-order valence-corrected chi connectivity index (χ0v) is 16.0. The van der Waals surface area contributed by atoms with Crippen LogP contribution in [0.1, 0.15) is 69.7 Å². The van der Waals surface area contributed by atoms with Crippen molar-refractivity contribution in [2.24, 2.45) is 5.92 Å². The number of carbonyl (C=O) groups is 2. The molecule has 5 nitrogen and oxygen atoms in total. The molecule has 0 spiro atoms. The molecule has 1 aromatic carbocycles. The number of hydrogen-bond donors (Lipinski definition) is 2. The van der Waals surface area contributed by atoms with E-state index >= 15 is 0 Å². The molecule has 0 bridgehead atoms. The monoisotopic (exact) mass is 365 g/mol. The van der Waals surface area contributed by atoms with Gasteiger partial charge in [0.2, 0.25) is 5.91 Å². The highest BCUT2D eigenvalue weighted by molar-refractivity contribution is 6.31. The third-order valence-corrected chi connectivity index (χ3v) is 4.63. The fourth-order valence-corrected chi connectivity index (χ4v) is 3.14. The molecule has 138 valence electrons. The number of unbranched alkanes of at least 4 members (excludes halogenated alkanes) is 4. The predicted octanol–water partition coefficient (Wildman–Crippen LogP) is 4.58. The fourth-order valence-electron chi connectivity index (χ4n) is 2.96. The van der Waals surface area contributed by atoms with Gasteiger partial charge < -0.3 is 5.32 Å². The number of nitrogens with zero attached hydrogens (tertiary/aromatic N) is 1. The third-order valence-electron chi connectivity index (χ3n) is 4.40. The van der Waals surface area contributed by atoms with Crippen LogP contribution in [0.2, 0.25) is 5.02 Å². The van der Waals surface area contributed by atoms with Gasteiger partial charge >= 0.3 is 0 Å². The quantitative estimate of drug-likeness (QED) is 0.663. The van der Waals surface area contributed by atoms with Crippen LogP contribution < -0.4 is 10.7 Å². The molecule has 1 aliphatic heterocycles. The molecule has 0 radical (unpaired) electrons. The zero-order chi connectivity index (χ0) is 18.4. The molecule has 2 rings (SSSR count). The highest BCUT2D eigenvalue weighted by atomic mass is 35.5. The van der Waals surface area contributed by atoms with E-state index in [-0.39, 0.29) is 23.9 Å². The Labute approximate surface area is 155 Å². The van der Waals surface area contributed by atoms with Gasteiger partial charge in [0.1, 0.15) is 6.17 Å².